The van der Waals surface area contributed by atoms with E-state index in [-0.39, 0.29) is 11.5 Å². The topological polar surface area (TPSA) is 84.8 Å². The Hall–Kier alpha value is -2.31. The number of nitrogens with zero attached hydrogens (tertiary/aromatic N) is 3. The van der Waals surface area contributed by atoms with Gasteiger partial charge in [-0.1, -0.05) is 0 Å². The predicted molar refractivity (Wildman–Crippen MR) is 112 cm³/mol. The van der Waals surface area contributed by atoms with Crippen LogP contribution in [0.3, 0.4) is 0 Å². The zero-order valence-corrected chi connectivity index (χ0v) is 18.8. The van der Waals surface area contributed by atoms with Gasteiger partial charge in [-0.2, -0.15) is 13.2 Å². The van der Waals surface area contributed by atoms with Crippen LogP contribution in [0.2, 0.25) is 0 Å². The average molecular weight is 492 g/mol. The molecular weight excluding hydrogens is 466 g/mol. The van der Waals surface area contributed by atoms with Crippen LogP contribution in [-0.4, -0.2) is 64.0 Å². The van der Waals surface area contributed by atoms with E-state index in [1.54, 1.807) is 23.6 Å². The van der Waals surface area contributed by atoms with Gasteiger partial charge < -0.3 is 14.6 Å². The van der Waals surface area contributed by atoms with Gasteiger partial charge in [-0.25, -0.2) is 19.2 Å². The molecule has 4 heterocycles. The normalized spacial score (nSPS) is 20.0. The molecule has 1 unspecified atom stereocenters. The van der Waals surface area contributed by atoms with Crippen molar-refractivity contribution in [3.63, 3.8) is 0 Å². The number of halogens is 4. The van der Waals surface area contributed by atoms with Crippen molar-refractivity contribution < 1.29 is 36.9 Å². The number of hydrogen-bond acceptors (Lipinski definition) is 7. The van der Waals surface area contributed by atoms with Gasteiger partial charge in [0.15, 0.2) is 5.82 Å². The van der Waals surface area contributed by atoms with E-state index in [1.165, 1.54) is 10.9 Å². The van der Waals surface area contributed by atoms with E-state index in [0.29, 0.717) is 12.5 Å². The molecule has 2 aliphatic heterocycles. The van der Waals surface area contributed by atoms with Crippen molar-refractivity contribution in [3.05, 3.63) is 40.2 Å². The smallest absolute Gasteiger partial charge is 0.476 e. The summed E-state index contributed by atoms with van der Waals surface area (Å²) in [5, 5.41) is 7.12. The van der Waals surface area contributed by atoms with Crippen LogP contribution in [0.25, 0.3) is 0 Å². The summed E-state index contributed by atoms with van der Waals surface area (Å²) in [5.74, 6) is -2.50. The summed E-state index contributed by atoms with van der Waals surface area (Å²) in [5.41, 5.74) is 3.05. The molecule has 2 aromatic rings. The SMILES string of the molecule is Cc1ncsc1CN1CC2(CC(CCOc3ncccc3F)CCO2)C1.O=C(O)C(F)(F)F. The molecule has 7 nitrogen and oxygen atoms in total. The molecule has 33 heavy (non-hydrogen) atoms. The molecule has 2 fully saturated rings. The number of aliphatic carboxylic acids is 1. The molecule has 4 rings (SSSR count). The molecule has 1 spiro atoms. The van der Waals surface area contributed by atoms with Gasteiger partial charge in [0.05, 0.1) is 23.4 Å². The first-order valence-electron chi connectivity index (χ1n) is 10.4. The fraction of sp³-hybridized carbons (Fsp3) is 0.571. The van der Waals surface area contributed by atoms with Crippen molar-refractivity contribution in [1.29, 1.82) is 0 Å². The van der Waals surface area contributed by atoms with Crippen molar-refractivity contribution in [2.24, 2.45) is 5.92 Å². The first-order chi connectivity index (χ1) is 15.6. The highest BCUT2D eigenvalue weighted by Crippen LogP contribution is 2.39. The minimum atomic E-state index is -5.08. The number of ether oxygens (including phenoxy) is 2. The molecule has 0 aliphatic carbocycles. The highest BCUT2D eigenvalue weighted by molar-refractivity contribution is 7.09. The van der Waals surface area contributed by atoms with E-state index in [0.717, 1.165) is 51.2 Å². The standard InChI is InChI=1S/C19H24FN3O2S.C2HF3O2/c1-14-17(26-13-22-14)10-23-11-19(12-23)9-15(5-8-25-19)4-7-24-18-16(20)3-2-6-21-18;3-2(4,5)1(6)7/h2-3,6,13,15H,4-5,7-12H2,1H3;(H,6,7). The third-order valence-electron chi connectivity index (χ3n) is 5.56. The minimum absolute atomic E-state index is 0.00223. The lowest BCUT2D eigenvalue weighted by molar-refractivity contribution is -0.192. The van der Waals surface area contributed by atoms with E-state index in [4.69, 9.17) is 19.4 Å². The van der Waals surface area contributed by atoms with Gasteiger partial charge in [-0.3, -0.25) is 4.90 Å². The minimum Gasteiger partial charge on any atom is -0.476 e. The van der Waals surface area contributed by atoms with E-state index in [1.807, 2.05) is 5.51 Å². The number of hydrogen-bond donors (Lipinski definition) is 1. The Bertz CT molecular complexity index is 934. The maximum absolute atomic E-state index is 13.6. The van der Waals surface area contributed by atoms with Gasteiger partial charge in [-0.05, 0) is 44.2 Å². The van der Waals surface area contributed by atoms with E-state index >= 15 is 0 Å². The van der Waals surface area contributed by atoms with Crippen molar-refractivity contribution in [2.45, 2.75) is 44.5 Å². The van der Waals surface area contributed by atoms with Crippen LogP contribution in [-0.2, 0) is 16.1 Å². The summed E-state index contributed by atoms with van der Waals surface area (Å²) in [6.45, 7) is 6.30. The molecule has 0 radical (unpaired) electrons. The van der Waals surface area contributed by atoms with Gasteiger partial charge in [0, 0.05) is 37.3 Å². The highest BCUT2D eigenvalue weighted by atomic mass is 32.1. The lowest BCUT2D eigenvalue weighted by Gasteiger charge is -2.53. The number of carboxylic acids is 1. The van der Waals surface area contributed by atoms with Crippen LogP contribution in [0, 0.1) is 18.7 Å². The fourth-order valence-corrected chi connectivity index (χ4v) is 4.78. The molecule has 0 bridgehead atoms. The first-order valence-corrected chi connectivity index (χ1v) is 11.2. The quantitative estimate of drug-likeness (QED) is 0.610. The number of aromatic nitrogens is 2. The lowest BCUT2D eigenvalue weighted by atomic mass is 9.79. The Morgan fingerprint density at radius 3 is 2.73 bits per heavy atom. The molecule has 0 amide bonds. The van der Waals surface area contributed by atoms with Crippen LogP contribution in [0.15, 0.2) is 23.8 Å². The number of thiazole rings is 1. The van der Waals surface area contributed by atoms with E-state index in [2.05, 4.69) is 21.8 Å². The number of carbonyl (C=O) groups is 1. The summed E-state index contributed by atoms with van der Waals surface area (Å²) >= 11 is 1.73. The molecule has 12 heteroatoms. The third kappa shape index (κ3) is 7.08. The predicted octanol–water partition coefficient (Wildman–Crippen LogP) is 4.07. The maximum atomic E-state index is 13.6. The fourth-order valence-electron chi connectivity index (χ4n) is 3.96. The van der Waals surface area contributed by atoms with Crippen molar-refractivity contribution in [1.82, 2.24) is 14.9 Å². The second-order valence-corrected chi connectivity index (χ2v) is 9.07. The Labute approximate surface area is 192 Å². The largest absolute Gasteiger partial charge is 0.490 e. The third-order valence-corrected chi connectivity index (χ3v) is 6.48. The van der Waals surface area contributed by atoms with E-state index < -0.39 is 18.0 Å². The summed E-state index contributed by atoms with van der Waals surface area (Å²) in [7, 11) is 0. The van der Waals surface area contributed by atoms with Gasteiger partial charge in [0.25, 0.3) is 0 Å². The zero-order chi connectivity index (χ0) is 24.1. The van der Waals surface area contributed by atoms with Crippen molar-refractivity contribution in [2.75, 3.05) is 26.3 Å². The molecule has 0 aromatic carbocycles. The second kappa shape index (κ2) is 10.7. The van der Waals surface area contributed by atoms with Crippen LogP contribution < -0.4 is 4.74 Å². The number of carboxylic acid groups (broad SMARTS) is 1. The molecule has 1 N–H and O–H groups in total. The molecule has 2 saturated heterocycles. The van der Waals surface area contributed by atoms with Gasteiger partial charge in [-0.15, -0.1) is 11.3 Å². The Balaban J connectivity index is 0.000000383. The molecule has 182 valence electrons. The second-order valence-electron chi connectivity index (χ2n) is 8.13. The van der Waals surface area contributed by atoms with Gasteiger partial charge in [0.2, 0.25) is 5.88 Å². The number of pyridine rings is 1. The monoisotopic (exact) mass is 491 g/mol. The van der Waals surface area contributed by atoms with Crippen LogP contribution >= 0.6 is 11.3 Å². The average Bonchev–Trinajstić information content (AvgIpc) is 3.13. The Morgan fingerprint density at radius 1 is 1.39 bits per heavy atom. The summed E-state index contributed by atoms with van der Waals surface area (Å²) in [4.78, 5) is 20.9. The summed E-state index contributed by atoms with van der Waals surface area (Å²) < 4.78 is 56.9. The van der Waals surface area contributed by atoms with Gasteiger partial charge in [0.1, 0.15) is 0 Å². The summed E-state index contributed by atoms with van der Waals surface area (Å²) in [6.07, 6.45) is -0.520. The number of rotatable bonds is 6. The lowest BCUT2D eigenvalue weighted by Crippen LogP contribution is -2.64. The van der Waals surface area contributed by atoms with Gasteiger partial charge >= 0.3 is 12.1 Å². The Kier molecular flexibility index (Phi) is 8.24. The molecular formula is C21H25F4N3O4S. The Morgan fingerprint density at radius 2 is 2.12 bits per heavy atom. The number of alkyl halides is 3. The molecule has 0 saturated carbocycles. The van der Waals surface area contributed by atoms with Crippen LogP contribution in [0.4, 0.5) is 17.6 Å². The summed E-state index contributed by atoms with van der Waals surface area (Å²) in [6, 6.07) is 2.94. The van der Waals surface area contributed by atoms with Crippen LogP contribution in [0.1, 0.15) is 29.8 Å². The molecule has 2 aliphatic rings. The molecule has 1 atom stereocenters. The maximum Gasteiger partial charge on any atom is 0.490 e. The number of aryl methyl sites for hydroxylation is 1. The highest BCUT2D eigenvalue weighted by Gasteiger charge is 2.47. The first kappa shape index (κ1) is 25.3. The van der Waals surface area contributed by atoms with Crippen molar-refractivity contribution >= 4 is 17.3 Å². The van der Waals surface area contributed by atoms with Crippen molar-refractivity contribution in [3.8, 4) is 5.88 Å². The van der Waals surface area contributed by atoms with E-state index in [9.17, 15) is 17.6 Å². The zero-order valence-electron chi connectivity index (χ0n) is 18.0. The number of likely N-dealkylation sites (tertiary alicyclic amines) is 1. The van der Waals surface area contributed by atoms with Crippen LogP contribution in [0.5, 0.6) is 5.88 Å². The molecule has 2 aromatic heterocycles.